The summed E-state index contributed by atoms with van der Waals surface area (Å²) in [6.45, 7) is 2.28. The number of halogens is 1. The van der Waals surface area contributed by atoms with Crippen LogP contribution in [0.4, 0.5) is 0 Å². The molecule has 0 spiro atoms. The molecule has 0 aromatic carbocycles. The van der Waals surface area contributed by atoms with Gasteiger partial charge in [-0.05, 0) is 25.7 Å². The maximum Gasteiger partial charge on any atom is 0.223 e. The van der Waals surface area contributed by atoms with E-state index in [0.717, 1.165) is 50.8 Å². The maximum atomic E-state index is 11.6. The van der Waals surface area contributed by atoms with Crippen molar-refractivity contribution in [2.24, 2.45) is 5.92 Å². The number of rotatable bonds is 5. The van der Waals surface area contributed by atoms with Crippen LogP contribution in [-0.4, -0.2) is 31.0 Å². The summed E-state index contributed by atoms with van der Waals surface area (Å²) in [5.41, 5.74) is 0. The predicted octanol–water partition coefficient (Wildman–Crippen LogP) is 1.70. The highest BCUT2D eigenvalue weighted by Gasteiger charge is 2.20. The number of alkyl halides is 1. The van der Waals surface area contributed by atoms with Gasteiger partial charge in [0.05, 0.1) is 0 Å². The Bertz CT molecular complexity index is 170. The lowest BCUT2D eigenvalue weighted by Gasteiger charge is -2.21. The molecule has 1 aliphatic rings. The van der Waals surface area contributed by atoms with Gasteiger partial charge >= 0.3 is 0 Å². The van der Waals surface area contributed by atoms with Gasteiger partial charge < -0.3 is 10.1 Å². The zero-order valence-corrected chi connectivity index (χ0v) is 10.0. The van der Waals surface area contributed by atoms with Crippen LogP contribution in [0, 0.1) is 5.92 Å². The van der Waals surface area contributed by atoms with Crippen LogP contribution in [0.2, 0.25) is 0 Å². The lowest BCUT2D eigenvalue weighted by atomic mass is 9.99. The second-order valence-electron chi connectivity index (χ2n) is 3.57. The Balaban J connectivity index is 2.07. The van der Waals surface area contributed by atoms with Crippen molar-refractivity contribution in [3.63, 3.8) is 0 Å². The Morgan fingerprint density at radius 2 is 2.07 bits per heavy atom. The Hall–Kier alpha value is -0.0900. The summed E-state index contributed by atoms with van der Waals surface area (Å²) in [6, 6.07) is 0. The minimum Gasteiger partial charge on any atom is -0.381 e. The summed E-state index contributed by atoms with van der Waals surface area (Å²) < 4.78 is 5.21. The molecular weight excluding hydrogens is 246 g/mol. The molecule has 0 radical (unpaired) electrons. The molecule has 4 heteroatoms. The molecule has 0 atom stereocenters. The van der Waals surface area contributed by atoms with Gasteiger partial charge in [0.1, 0.15) is 0 Å². The summed E-state index contributed by atoms with van der Waals surface area (Å²) in [6.07, 6.45) is 3.93. The molecule has 1 N–H and O–H groups in total. The zero-order valence-electron chi connectivity index (χ0n) is 8.43. The number of carbonyl (C=O) groups is 1. The van der Waals surface area contributed by atoms with Crippen LogP contribution < -0.4 is 5.32 Å². The van der Waals surface area contributed by atoms with E-state index in [0.29, 0.717) is 0 Å². The van der Waals surface area contributed by atoms with E-state index in [1.165, 1.54) is 0 Å². The van der Waals surface area contributed by atoms with E-state index in [4.69, 9.17) is 4.74 Å². The molecule has 14 heavy (non-hydrogen) atoms. The first-order chi connectivity index (χ1) is 6.84. The molecule has 3 nitrogen and oxygen atoms in total. The number of nitrogens with one attached hydrogen (secondary N) is 1. The van der Waals surface area contributed by atoms with E-state index in [2.05, 4.69) is 21.2 Å². The molecule has 0 bridgehead atoms. The first kappa shape index (κ1) is 12.0. The highest BCUT2D eigenvalue weighted by atomic mass is 79.9. The second-order valence-corrected chi connectivity index (χ2v) is 4.37. The van der Waals surface area contributed by atoms with Crippen molar-refractivity contribution in [2.45, 2.75) is 25.7 Å². The average molecular weight is 264 g/mol. The molecule has 1 amide bonds. The summed E-state index contributed by atoms with van der Waals surface area (Å²) in [5.74, 6) is 0.399. The molecule has 0 aliphatic carbocycles. The fraction of sp³-hybridized carbons (Fsp3) is 0.900. The third-order valence-electron chi connectivity index (χ3n) is 2.45. The topological polar surface area (TPSA) is 38.3 Å². The Morgan fingerprint density at radius 1 is 1.36 bits per heavy atom. The minimum atomic E-state index is 0.188. The largest absolute Gasteiger partial charge is 0.381 e. The normalized spacial score (nSPS) is 18.1. The van der Waals surface area contributed by atoms with E-state index in [9.17, 15) is 4.79 Å². The number of hydrogen-bond donors (Lipinski definition) is 1. The van der Waals surface area contributed by atoms with E-state index in [1.807, 2.05) is 0 Å². The van der Waals surface area contributed by atoms with Gasteiger partial charge in [0.25, 0.3) is 0 Å². The molecular formula is C10H18BrNO2. The van der Waals surface area contributed by atoms with Gasteiger partial charge in [-0.25, -0.2) is 0 Å². The Labute approximate surface area is 93.7 Å². The lowest BCUT2D eigenvalue weighted by Crippen LogP contribution is -2.34. The first-order valence-electron chi connectivity index (χ1n) is 5.26. The zero-order chi connectivity index (χ0) is 10.2. The van der Waals surface area contributed by atoms with Crippen molar-refractivity contribution in [1.29, 1.82) is 0 Å². The minimum absolute atomic E-state index is 0.188. The van der Waals surface area contributed by atoms with Gasteiger partial charge in [-0.2, -0.15) is 0 Å². The molecule has 0 aromatic rings. The van der Waals surface area contributed by atoms with Crippen molar-refractivity contribution in [2.75, 3.05) is 25.1 Å². The van der Waals surface area contributed by atoms with E-state index in [-0.39, 0.29) is 11.8 Å². The Kier molecular flexibility index (Phi) is 6.19. The smallest absolute Gasteiger partial charge is 0.223 e. The monoisotopic (exact) mass is 263 g/mol. The van der Waals surface area contributed by atoms with Crippen LogP contribution >= 0.6 is 15.9 Å². The van der Waals surface area contributed by atoms with Crippen LogP contribution in [0.1, 0.15) is 25.7 Å². The van der Waals surface area contributed by atoms with Gasteiger partial charge in [0.2, 0.25) is 5.91 Å². The standard InChI is InChI=1S/C10H18BrNO2/c11-5-1-2-6-12-10(13)9-3-7-14-8-4-9/h9H,1-8H2,(H,12,13). The average Bonchev–Trinajstić information content (AvgIpc) is 2.25. The number of ether oxygens (including phenoxy) is 1. The molecule has 1 saturated heterocycles. The van der Waals surface area contributed by atoms with Gasteiger partial charge in [0.15, 0.2) is 0 Å². The third-order valence-corrected chi connectivity index (χ3v) is 3.01. The van der Waals surface area contributed by atoms with E-state index < -0.39 is 0 Å². The van der Waals surface area contributed by atoms with Crippen molar-refractivity contribution in [3.05, 3.63) is 0 Å². The fourth-order valence-electron chi connectivity index (χ4n) is 1.54. The maximum absolute atomic E-state index is 11.6. The SMILES string of the molecule is O=C(NCCCCBr)C1CCOCC1. The first-order valence-corrected chi connectivity index (χ1v) is 6.38. The van der Waals surface area contributed by atoms with Crippen LogP contribution in [0.3, 0.4) is 0 Å². The molecule has 0 unspecified atom stereocenters. The number of carbonyl (C=O) groups excluding carboxylic acids is 1. The van der Waals surface area contributed by atoms with Gasteiger partial charge in [-0.3, -0.25) is 4.79 Å². The lowest BCUT2D eigenvalue weighted by molar-refractivity contribution is -0.127. The van der Waals surface area contributed by atoms with E-state index >= 15 is 0 Å². The quantitative estimate of drug-likeness (QED) is 0.606. The molecule has 0 aromatic heterocycles. The number of amides is 1. The fourth-order valence-corrected chi connectivity index (χ4v) is 1.93. The van der Waals surface area contributed by atoms with E-state index in [1.54, 1.807) is 0 Å². The third kappa shape index (κ3) is 4.42. The summed E-state index contributed by atoms with van der Waals surface area (Å²) >= 11 is 3.36. The van der Waals surface area contributed by atoms with Crippen molar-refractivity contribution in [3.8, 4) is 0 Å². The summed E-state index contributed by atoms with van der Waals surface area (Å²) in [5, 5.41) is 3.99. The Morgan fingerprint density at radius 3 is 2.71 bits per heavy atom. The predicted molar refractivity (Wildman–Crippen MR) is 59.6 cm³/mol. The molecule has 0 saturated carbocycles. The van der Waals surface area contributed by atoms with Gasteiger partial charge in [0, 0.05) is 31.0 Å². The van der Waals surface area contributed by atoms with Crippen LogP contribution in [-0.2, 0) is 9.53 Å². The highest BCUT2D eigenvalue weighted by Crippen LogP contribution is 2.14. The summed E-state index contributed by atoms with van der Waals surface area (Å²) in [7, 11) is 0. The van der Waals surface area contributed by atoms with Gasteiger partial charge in [-0.1, -0.05) is 15.9 Å². The van der Waals surface area contributed by atoms with Crippen molar-refractivity contribution < 1.29 is 9.53 Å². The second kappa shape index (κ2) is 7.23. The van der Waals surface area contributed by atoms with Crippen molar-refractivity contribution >= 4 is 21.8 Å². The number of unbranched alkanes of at least 4 members (excludes halogenated alkanes) is 1. The van der Waals surface area contributed by atoms with Crippen molar-refractivity contribution in [1.82, 2.24) is 5.32 Å². The number of hydrogen-bond acceptors (Lipinski definition) is 2. The molecule has 82 valence electrons. The van der Waals surface area contributed by atoms with Crippen LogP contribution in [0.15, 0.2) is 0 Å². The van der Waals surface area contributed by atoms with Crippen LogP contribution in [0.25, 0.3) is 0 Å². The summed E-state index contributed by atoms with van der Waals surface area (Å²) in [4.78, 5) is 11.6. The molecule has 1 heterocycles. The molecule has 1 fully saturated rings. The highest BCUT2D eigenvalue weighted by molar-refractivity contribution is 9.09. The van der Waals surface area contributed by atoms with Gasteiger partial charge in [-0.15, -0.1) is 0 Å². The molecule has 1 aliphatic heterocycles. The van der Waals surface area contributed by atoms with Crippen LogP contribution in [0.5, 0.6) is 0 Å². The molecule has 1 rings (SSSR count).